The molecule has 0 aliphatic carbocycles. The van der Waals surface area contributed by atoms with Crippen LogP contribution in [0.3, 0.4) is 0 Å². The molecule has 1 amide bonds. The zero-order valence-electron chi connectivity index (χ0n) is 15.0. The molecule has 0 fully saturated rings. The number of aryl methyl sites for hydroxylation is 2. The van der Waals surface area contributed by atoms with Crippen LogP contribution in [0.2, 0.25) is 0 Å². The fourth-order valence-corrected chi connectivity index (χ4v) is 4.61. The van der Waals surface area contributed by atoms with E-state index in [0.717, 1.165) is 29.7 Å². The van der Waals surface area contributed by atoms with Gasteiger partial charge in [0.15, 0.2) is 0 Å². The van der Waals surface area contributed by atoms with Gasteiger partial charge in [0.05, 0.1) is 0 Å². The molecule has 2 aromatic rings. The Morgan fingerprint density at radius 3 is 2.52 bits per heavy atom. The SMILES string of the molecule is O=C(O)C(CCc1ccccc1)S(=O)CC(=O)N1CCCc2ccccc21. The molecule has 0 aromatic heterocycles. The second-order valence-electron chi connectivity index (χ2n) is 6.65. The maximum absolute atomic E-state index is 12.7. The summed E-state index contributed by atoms with van der Waals surface area (Å²) in [5.41, 5.74) is 2.95. The zero-order valence-corrected chi connectivity index (χ0v) is 15.9. The second kappa shape index (κ2) is 8.95. The van der Waals surface area contributed by atoms with Crippen LogP contribution in [0.1, 0.15) is 24.0 Å². The van der Waals surface area contributed by atoms with E-state index in [0.29, 0.717) is 13.0 Å². The predicted molar refractivity (Wildman–Crippen MR) is 106 cm³/mol. The molecular formula is C21H23NO4S. The molecule has 2 atom stereocenters. The largest absolute Gasteiger partial charge is 0.480 e. The van der Waals surface area contributed by atoms with Gasteiger partial charge in [-0.2, -0.15) is 0 Å². The van der Waals surface area contributed by atoms with Gasteiger partial charge in [-0.1, -0.05) is 48.5 Å². The number of hydrogen-bond donors (Lipinski definition) is 1. The number of benzene rings is 2. The summed E-state index contributed by atoms with van der Waals surface area (Å²) < 4.78 is 12.7. The van der Waals surface area contributed by atoms with Gasteiger partial charge < -0.3 is 10.0 Å². The van der Waals surface area contributed by atoms with Gasteiger partial charge in [0, 0.05) is 23.0 Å². The van der Waals surface area contributed by atoms with Gasteiger partial charge >= 0.3 is 5.97 Å². The summed E-state index contributed by atoms with van der Waals surface area (Å²) in [7, 11) is -1.76. The third kappa shape index (κ3) is 4.83. The molecule has 0 saturated carbocycles. The Bertz CT molecular complexity index is 837. The minimum atomic E-state index is -1.76. The molecule has 1 aliphatic heterocycles. The highest BCUT2D eigenvalue weighted by molar-refractivity contribution is 7.87. The number of fused-ring (bicyclic) bond motifs is 1. The molecule has 0 saturated heterocycles. The van der Waals surface area contributed by atoms with Gasteiger partial charge in [-0.3, -0.25) is 13.8 Å². The number of carbonyl (C=O) groups excluding carboxylic acids is 1. The topological polar surface area (TPSA) is 74.7 Å². The Morgan fingerprint density at radius 2 is 1.78 bits per heavy atom. The van der Waals surface area contributed by atoms with Gasteiger partial charge in [-0.05, 0) is 42.9 Å². The van der Waals surface area contributed by atoms with Crippen LogP contribution < -0.4 is 4.90 Å². The van der Waals surface area contributed by atoms with Gasteiger partial charge in [0.25, 0.3) is 0 Å². The number of rotatable bonds is 7. The monoisotopic (exact) mass is 385 g/mol. The lowest BCUT2D eigenvalue weighted by Crippen LogP contribution is -2.40. The fourth-order valence-electron chi connectivity index (χ4n) is 3.40. The molecule has 6 heteroatoms. The van der Waals surface area contributed by atoms with Gasteiger partial charge in [0.1, 0.15) is 11.0 Å². The highest BCUT2D eigenvalue weighted by Crippen LogP contribution is 2.27. The number of carbonyl (C=O) groups is 2. The van der Waals surface area contributed by atoms with Crippen molar-refractivity contribution in [3.05, 3.63) is 65.7 Å². The van der Waals surface area contributed by atoms with E-state index in [2.05, 4.69) is 0 Å². The quantitative estimate of drug-likeness (QED) is 0.795. The first-order valence-electron chi connectivity index (χ1n) is 9.08. The average Bonchev–Trinajstić information content (AvgIpc) is 2.68. The molecule has 2 aromatic carbocycles. The highest BCUT2D eigenvalue weighted by Gasteiger charge is 2.29. The molecule has 2 unspecified atom stereocenters. The van der Waals surface area contributed by atoms with E-state index >= 15 is 0 Å². The maximum atomic E-state index is 12.7. The third-order valence-electron chi connectivity index (χ3n) is 4.81. The zero-order chi connectivity index (χ0) is 19.2. The van der Waals surface area contributed by atoms with E-state index in [9.17, 15) is 18.9 Å². The fraction of sp³-hybridized carbons (Fsp3) is 0.333. The molecule has 5 nitrogen and oxygen atoms in total. The minimum absolute atomic E-state index is 0.246. The molecule has 0 bridgehead atoms. The average molecular weight is 385 g/mol. The van der Waals surface area contributed by atoms with Crippen molar-refractivity contribution in [3.8, 4) is 0 Å². The summed E-state index contributed by atoms with van der Waals surface area (Å²) >= 11 is 0. The third-order valence-corrected chi connectivity index (χ3v) is 6.41. The van der Waals surface area contributed by atoms with Crippen molar-refractivity contribution < 1.29 is 18.9 Å². The first-order valence-corrected chi connectivity index (χ1v) is 10.5. The molecule has 142 valence electrons. The number of carboxylic acid groups (broad SMARTS) is 1. The number of aliphatic carboxylic acids is 1. The van der Waals surface area contributed by atoms with E-state index in [-0.39, 0.29) is 18.1 Å². The first-order chi connectivity index (χ1) is 13.1. The summed E-state index contributed by atoms with van der Waals surface area (Å²) in [6.07, 6.45) is 2.53. The highest BCUT2D eigenvalue weighted by atomic mass is 32.2. The molecule has 1 N–H and O–H groups in total. The molecule has 3 rings (SSSR count). The summed E-state index contributed by atoms with van der Waals surface area (Å²) in [4.78, 5) is 26.0. The lowest BCUT2D eigenvalue weighted by atomic mass is 10.0. The Kier molecular flexibility index (Phi) is 6.40. The van der Waals surface area contributed by atoms with Crippen LogP contribution in [0.5, 0.6) is 0 Å². The molecular weight excluding hydrogens is 362 g/mol. The summed E-state index contributed by atoms with van der Waals surface area (Å²) in [5.74, 6) is -1.65. The Balaban J connectivity index is 1.65. The van der Waals surface area contributed by atoms with Crippen LogP contribution in [0.15, 0.2) is 54.6 Å². The van der Waals surface area contributed by atoms with E-state index in [1.54, 1.807) is 4.90 Å². The van der Waals surface area contributed by atoms with Crippen LogP contribution >= 0.6 is 0 Å². The Labute approximate surface area is 161 Å². The minimum Gasteiger partial charge on any atom is -0.480 e. The second-order valence-corrected chi connectivity index (χ2v) is 8.27. The molecule has 1 aliphatic rings. The van der Waals surface area contributed by atoms with Crippen molar-refractivity contribution in [2.75, 3.05) is 17.2 Å². The molecule has 1 heterocycles. The van der Waals surface area contributed by atoms with Gasteiger partial charge in [-0.25, -0.2) is 0 Å². The number of para-hydroxylation sites is 1. The van der Waals surface area contributed by atoms with Crippen LogP contribution in [0, 0.1) is 0 Å². The van der Waals surface area contributed by atoms with Crippen molar-refractivity contribution in [1.82, 2.24) is 0 Å². The number of nitrogens with zero attached hydrogens (tertiary/aromatic N) is 1. The number of anilines is 1. The van der Waals surface area contributed by atoms with E-state index in [4.69, 9.17) is 0 Å². The smallest absolute Gasteiger partial charge is 0.319 e. The number of amides is 1. The predicted octanol–water partition coefficient (Wildman–Crippen LogP) is 2.80. The Morgan fingerprint density at radius 1 is 1.07 bits per heavy atom. The normalized spacial score (nSPS) is 15.6. The van der Waals surface area contributed by atoms with E-state index in [1.807, 2.05) is 54.6 Å². The molecule has 0 spiro atoms. The van der Waals surface area contributed by atoms with Crippen LogP contribution in [-0.2, 0) is 33.2 Å². The van der Waals surface area contributed by atoms with Crippen molar-refractivity contribution in [3.63, 3.8) is 0 Å². The van der Waals surface area contributed by atoms with Gasteiger partial charge in [0.2, 0.25) is 5.91 Å². The Hall–Kier alpha value is -2.47. The summed E-state index contributed by atoms with van der Waals surface area (Å²) in [5, 5.41) is 8.44. The van der Waals surface area contributed by atoms with Crippen LogP contribution in [0.25, 0.3) is 0 Å². The van der Waals surface area contributed by atoms with Crippen molar-refractivity contribution >= 4 is 28.4 Å². The van der Waals surface area contributed by atoms with Crippen molar-refractivity contribution in [2.45, 2.75) is 30.9 Å². The van der Waals surface area contributed by atoms with Gasteiger partial charge in [-0.15, -0.1) is 0 Å². The number of carboxylic acids is 1. The van der Waals surface area contributed by atoms with Crippen LogP contribution in [-0.4, -0.2) is 38.7 Å². The summed E-state index contributed by atoms with van der Waals surface area (Å²) in [6, 6.07) is 17.2. The molecule has 0 radical (unpaired) electrons. The number of hydrogen-bond acceptors (Lipinski definition) is 3. The lowest BCUT2D eigenvalue weighted by molar-refractivity contribution is -0.136. The van der Waals surface area contributed by atoms with Crippen LogP contribution in [0.4, 0.5) is 5.69 Å². The van der Waals surface area contributed by atoms with Crippen molar-refractivity contribution in [1.29, 1.82) is 0 Å². The lowest BCUT2D eigenvalue weighted by Gasteiger charge is -2.29. The van der Waals surface area contributed by atoms with E-state index < -0.39 is 22.0 Å². The molecule has 27 heavy (non-hydrogen) atoms. The standard InChI is InChI=1S/C21H23NO4S/c23-20(22-14-6-10-17-9-4-5-11-18(17)22)15-27(26)19(21(24)25)13-12-16-7-2-1-3-8-16/h1-5,7-9,11,19H,6,10,12-15H2,(H,24,25). The first kappa shape index (κ1) is 19.3. The van der Waals surface area contributed by atoms with Crippen molar-refractivity contribution in [2.24, 2.45) is 0 Å². The maximum Gasteiger partial charge on any atom is 0.319 e. The van der Waals surface area contributed by atoms with E-state index in [1.165, 1.54) is 0 Å². The summed E-state index contributed by atoms with van der Waals surface area (Å²) in [6.45, 7) is 0.578.